The Morgan fingerprint density at radius 3 is 1.23 bits per heavy atom. The van der Waals surface area contributed by atoms with Crippen molar-refractivity contribution in [3.05, 3.63) is 291 Å². The molecule has 710 valence electrons. The number of imidazole rings is 2. The number of aromatic nitrogens is 7. The van der Waals surface area contributed by atoms with Crippen molar-refractivity contribution < 1.29 is 87.5 Å². The number of halogens is 6. The Balaban J connectivity index is 0.000000286. The molecule has 0 saturated carbocycles. The van der Waals surface area contributed by atoms with Crippen LogP contribution in [0, 0.1) is 0 Å². The third kappa shape index (κ3) is 47.8. The molecule has 12 rings (SSSR count). The molecular formula is C89H105Cl6N15O19S3. The molecule has 6 aromatic carbocycles. The standard InChI is InChI=1S/C22H26Cl2N2O6S.C19H20Cl2N2O5S.C18H22Cl2N2O4S.C7H6N4O.2C7H10N2.C5H5N.C4H6O3/c1-15(27)26(11-10-17-4-9-21(23)22(24)12-17)13-20(32-16(2)28)14-31-19-7-5-18(6-8-19)25-33(3,29)30;1-29(25,26)22-14-3-5-15(6-4-14)27-12-16-11-23(19(24)28-16)9-8-13-2-7-17(20)18(21)10-13;1-27(24,25)22-14-3-5-16(6-4-14)26-12-15(23)11-21-9-8-13-2-7-17(19)18(20)10-13;12-7(10-3-1-8-5-10)11-4-2-9-6-11;2*1-9(2)7-3-5-8-6-4-7;1-2-4-6-5-3-1;1-3(5)7-4(2)6/h4-9,12,20,25H,10-11,13-14H2,1-3H3;2-7,10,16,22H,8-9,11-12H2,1H3;2-7,10,15,21-23H,8-9,11-12H2,1H3;1-6H;2*3-6H,1-2H3;1-5H;1-2H3/t20-;;15-;;;;;/m0.0...../s1. The van der Waals surface area contributed by atoms with Crippen molar-refractivity contribution in [1.82, 2.24) is 49.2 Å². The van der Waals surface area contributed by atoms with Gasteiger partial charge in [0.1, 0.15) is 55.8 Å². The average Bonchev–Trinajstić information content (AvgIpc) is 1.73. The number of esters is 3. The molecule has 1 fully saturated rings. The monoisotopic (exact) mass is 1990 g/mol. The van der Waals surface area contributed by atoms with Gasteiger partial charge in [-0.1, -0.05) is 93.9 Å². The average molecular weight is 2000 g/mol. The van der Waals surface area contributed by atoms with Crippen LogP contribution in [0.1, 0.15) is 44.4 Å². The van der Waals surface area contributed by atoms with Gasteiger partial charge in [0.15, 0.2) is 12.2 Å². The van der Waals surface area contributed by atoms with Gasteiger partial charge in [-0.3, -0.25) is 57.4 Å². The van der Waals surface area contributed by atoms with Gasteiger partial charge in [0.25, 0.3) is 0 Å². The van der Waals surface area contributed by atoms with E-state index in [1.54, 1.807) is 175 Å². The van der Waals surface area contributed by atoms with E-state index in [-0.39, 0.29) is 50.5 Å². The number of ether oxygens (including phenoxy) is 6. The van der Waals surface area contributed by atoms with Gasteiger partial charge >= 0.3 is 30.0 Å². The predicted octanol–water partition coefficient (Wildman–Crippen LogP) is 14.6. The molecule has 0 radical (unpaired) electrons. The van der Waals surface area contributed by atoms with Gasteiger partial charge in [-0.2, -0.15) is 0 Å². The number of nitrogens with zero attached hydrogens (tertiary/aromatic N) is 11. The quantitative estimate of drug-likeness (QED) is 0.0117. The first-order chi connectivity index (χ1) is 62.5. The number of nitrogens with one attached hydrogen (secondary N) is 4. The fourth-order valence-corrected chi connectivity index (χ4v) is 13.4. The van der Waals surface area contributed by atoms with Crippen LogP contribution in [0.4, 0.5) is 38.0 Å². The summed E-state index contributed by atoms with van der Waals surface area (Å²) < 4.78 is 109. The van der Waals surface area contributed by atoms with Gasteiger partial charge < -0.3 is 58.4 Å². The number of anilines is 5. The lowest BCUT2D eigenvalue weighted by atomic mass is 10.1. The number of carbonyl (C=O) groups excluding carboxylic acids is 6. The van der Waals surface area contributed by atoms with Crippen molar-refractivity contribution in [2.45, 2.75) is 65.3 Å². The van der Waals surface area contributed by atoms with E-state index in [1.165, 1.54) is 60.9 Å². The molecule has 1 aliphatic heterocycles. The van der Waals surface area contributed by atoms with Crippen LogP contribution in [0.3, 0.4) is 0 Å². The fourth-order valence-electron chi connectivity index (χ4n) is 10.7. The highest BCUT2D eigenvalue weighted by Crippen LogP contribution is 2.28. The van der Waals surface area contributed by atoms with Crippen LogP contribution in [0.15, 0.2) is 244 Å². The summed E-state index contributed by atoms with van der Waals surface area (Å²) in [5.74, 6) is -0.248. The number of aliphatic hydroxyl groups is 1. The van der Waals surface area contributed by atoms with Gasteiger partial charge in [0.05, 0.1) is 62.0 Å². The van der Waals surface area contributed by atoms with Crippen LogP contribution in [-0.2, 0) is 82.7 Å². The number of aliphatic hydroxyl groups excluding tert-OH is 1. The minimum Gasteiger partial charge on any atom is -0.491 e. The number of benzene rings is 6. The minimum atomic E-state index is -3.38. The molecule has 34 nitrogen and oxygen atoms in total. The summed E-state index contributed by atoms with van der Waals surface area (Å²) in [6.07, 6.45) is 22.8. The third-order valence-corrected chi connectivity index (χ3v) is 20.9. The van der Waals surface area contributed by atoms with Crippen LogP contribution >= 0.6 is 69.6 Å². The zero-order chi connectivity index (χ0) is 97.4. The molecule has 5 N–H and O–H groups in total. The Kier molecular flexibility index (Phi) is 48.7. The van der Waals surface area contributed by atoms with Crippen molar-refractivity contribution >= 4 is 164 Å². The summed E-state index contributed by atoms with van der Waals surface area (Å²) in [4.78, 5) is 93.2. The number of hydrogen-bond acceptors (Lipinski definition) is 27. The van der Waals surface area contributed by atoms with Gasteiger partial charge in [0.2, 0.25) is 36.0 Å². The van der Waals surface area contributed by atoms with Crippen molar-refractivity contribution in [3.63, 3.8) is 0 Å². The van der Waals surface area contributed by atoms with Crippen molar-refractivity contribution in [2.24, 2.45) is 0 Å². The van der Waals surface area contributed by atoms with Crippen molar-refractivity contribution in [3.8, 4) is 17.2 Å². The zero-order valence-electron chi connectivity index (χ0n) is 74.0. The smallest absolute Gasteiger partial charge is 0.410 e. The number of rotatable bonds is 31. The number of cyclic esters (lactones) is 1. The Bertz CT molecular complexity index is 5580. The maximum atomic E-state index is 12.2. The fraction of sp³-hybridized carbons (Fsp3) is 0.292. The highest BCUT2D eigenvalue weighted by molar-refractivity contribution is 7.92. The molecule has 1 aliphatic rings. The van der Waals surface area contributed by atoms with Gasteiger partial charge in [-0.25, -0.2) is 44.8 Å². The molecule has 2 amide bonds. The number of hydrogen-bond donors (Lipinski definition) is 5. The second-order valence-corrected chi connectivity index (χ2v) is 36.4. The number of sulfonamides is 3. The van der Waals surface area contributed by atoms with E-state index in [4.69, 9.17) is 93.3 Å². The van der Waals surface area contributed by atoms with Crippen molar-refractivity contribution in [1.29, 1.82) is 0 Å². The number of amides is 2. The van der Waals surface area contributed by atoms with E-state index in [0.29, 0.717) is 110 Å². The first-order valence-electron chi connectivity index (χ1n) is 39.9. The summed E-state index contributed by atoms with van der Waals surface area (Å²) >= 11 is 35.8. The first kappa shape index (κ1) is 111. The third-order valence-electron chi connectivity index (χ3n) is 16.9. The second-order valence-electron chi connectivity index (χ2n) is 28.7. The second kappa shape index (κ2) is 58.1. The maximum Gasteiger partial charge on any atom is 0.410 e. The van der Waals surface area contributed by atoms with Crippen molar-refractivity contribution in [2.75, 3.05) is 130 Å². The minimum absolute atomic E-state index is 0.00891. The Morgan fingerprint density at radius 2 is 0.894 bits per heavy atom. The molecular weight excluding hydrogens is 1890 g/mol. The first-order valence-corrected chi connectivity index (χ1v) is 47.8. The highest BCUT2D eigenvalue weighted by Gasteiger charge is 2.32. The van der Waals surface area contributed by atoms with E-state index < -0.39 is 60.2 Å². The molecule has 3 atom stereocenters. The van der Waals surface area contributed by atoms with E-state index in [2.05, 4.69) is 49.1 Å². The largest absolute Gasteiger partial charge is 0.491 e. The van der Waals surface area contributed by atoms with Crippen LogP contribution in [0.5, 0.6) is 17.2 Å². The van der Waals surface area contributed by atoms with E-state index in [0.717, 1.165) is 41.9 Å². The molecule has 0 spiro atoms. The van der Waals surface area contributed by atoms with Crippen LogP contribution in [0.2, 0.25) is 30.1 Å². The van der Waals surface area contributed by atoms with Crippen LogP contribution in [-0.4, -0.2) is 235 Å². The number of pyridine rings is 3. The Hall–Kier alpha value is -11.9. The predicted molar refractivity (Wildman–Crippen MR) is 515 cm³/mol. The lowest BCUT2D eigenvalue weighted by molar-refractivity contribution is -0.156. The van der Waals surface area contributed by atoms with Crippen LogP contribution < -0.4 is 43.5 Å². The summed E-state index contributed by atoms with van der Waals surface area (Å²) in [6.45, 7) is 7.94. The topological polar surface area (TPSA) is 416 Å². The molecule has 5 aromatic heterocycles. The highest BCUT2D eigenvalue weighted by atomic mass is 35.5. The summed E-state index contributed by atoms with van der Waals surface area (Å²) in [5.41, 5.74) is 6.62. The molecule has 0 aliphatic carbocycles. The molecule has 1 saturated heterocycles. The molecule has 6 heterocycles. The maximum absolute atomic E-state index is 12.2. The summed E-state index contributed by atoms with van der Waals surface area (Å²) in [7, 11) is -1.98. The Labute approximate surface area is 798 Å². The van der Waals surface area contributed by atoms with Gasteiger partial charge in [-0.15, -0.1) is 0 Å². The van der Waals surface area contributed by atoms with Gasteiger partial charge in [-0.05, 0) is 188 Å². The molecule has 0 bridgehead atoms. The summed E-state index contributed by atoms with van der Waals surface area (Å²) in [6, 6.07) is 48.8. The van der Waals surface area contributed by atoms with E-state index >= 15 is 0 Å². The molecule has 11 aromatic rings. The van der Waals surface area contributed by atoms with E-state index in [9.17, 15) is 59.1 Å². The summed E-state index contributed by atoms with van der Waals surface area (Å²) in [5, 5.41) is 16.1. The number of carbonyl (C=O) groups is 6. The molecule has 1 unspecified atom stereocenters. The van der Waals surface area contributed by atoms with Crippen LogP contribution in [0.25, 0.3) is 0 Å². The molecule has 43 heteroatoms. The van der Waals surface area contributed by atoms with E-state index in [1.807, 2.05) is 105 Å². The van der Waals surface area contributed by atoms with Gasteiger partial charge in [0, 0.05) is 166 Å². The lowest BCUT2D eigenvalue weighted by Crippen LogP contribution is -2.41. The lowest BCUT2D eigenvalue weighted by Gasteiger charge is -2.26. The normalized spacial score (nSPS) is 12.2. The SMILES string of the molecule is CC(=O)OC(C)=O.CC(=O)O[C@H](COc1ccc(NS(C)(=O)=O)cc1)CN(CCc1ccc(Cl)c(Cl)c1)C(C)=O.CN(C)c1ccncc1.CN(C)c1ccncc1.CS(=O)(=O)Nc1ccc(OCC2CN(CCc3ccc(Cl)c(Cl)c3)C(=O)O2)cc1.CS(=O)(=O)Nc1ccc(OC[C@@H](O)CNCCc2ccc(Cl)c(Cl)c2)cc1.O=C(n1ccnc1)n1ccnc1.c1ccncc1. The zero-order valence-corrected chi connectivity index (χ0v) is 81.0. The molecule has 132 heavy (non-hydrogen) atoms. The Morgan fingerprint density at radius 1 is 0.492 bits per heavy atom.